The van der Waals surface area contributed by atoms with Crippen LogP contribution < -0.4 is 5.32 Å². The Morgan fingerprint density at radius 3 is 3.11 bits per heavy atom. The Hall–Kier alpha value is -1.73. The zero-order valence-electron chi connectivity index (χ0n) is 10.4. The fourth-order valence-corrected chi connectivity index (χ4v) is 2.97. The Kier molecular flexibility index (Phi) is 2.87. The summed E-state index contributed by atoms with van der Waals surface area (Å²) in [5.74, 6) is 0. The van der Waals surface area contributed by atoms with Crippen molar-refractivity contribution >= 4 is 32.9 Å². The summed E-state index contributed by atoms with van der Waals surface area (Å²) < 4.78 is 6.18. The maximum Gasteiger partial charge on any atom is 0.319 e. The van der Waals surface area contributed by atoms with E-state index in [-0.39, 0.29) is 16.1 Å². The molecule has 0 radical (unpaired) electrons. The Balaban J connectivity index is 2.07. The molecule has 0 saturated carbocycles. The van der Waals surface area contributed by atoms with Crippen LogP contribution in [-0.2, 0) is 4.74 Å². The molecule has 1 aliphatic rings. The highest BCUT2D eigenvalue weighted by Gasteiger charge is 2.32. The number of nitro groups is 1. The highest BCUT2D eigenvalue weighted by molar-refractivity contribution is 7.16. The van der Waals surface area contributed by atoms with Gasteiger partial charge in [-0.25, -0.2) is 4.98 Å². The first-order chi connectivity index (χ1) is 9.09. The normalized spacial score (nSPS) is 22.8. The van der Waals surface area contributed by atoms with Crippen molar-refractivity contribution in [3.8, 4) is 0 Å². The number of aromatic nitrogens is 1. The summed E-state index contributed by atoms with van der Waals surface area (Å²) in [5, 5.41) is 14.6. The van der Waals surface area contributed by atoms with Crippen LogP contribution in [-0.4, -0.2) is 28.7 Å². The van der Waals surface area contributed by atoms with Gasteiger partial charge in [0.2, 0.25) is 0 Å². The monoisotopic (exact) mass is 279 g/mol. The molecule has 1 aromatic carbocycles. The average molecular weight is 279 g/mol. The number of fused-ring (bicyclic) bond motifs is 1. The van der Waals surface area contributed by atoms with Gasteiger partial charge in [0.25, 0.3) is 0 Å². The molecule has 19 heavy (non-hydrogen) atoms. The highest BCUT2D eigenvalue weighted by atomic mass is 32.1. The summed E-state index contributed by atoms with van der Waals surface area (Å²) >= 11 is 1.40. The van der Waals surface area contributed by atoms with Gasteiger partial charge >= 0.3 is 5.69 Å². The second-order valence-corrected chi connectivity index (χ2v) is 5.79. The second kappa shape index (κ2) is 4.43. The third-order valence-corrected chi connectivity index (χ3v) is 4.11. The van der Waals surface area contributed by atoms with Crippen molar-refractivity contribution in [3.05, 3.63) is 27.8 Å². The van der Waals surface area contributed by atoms with E-state index >= 15 is 0 Å². The zero-order chi connectivity index (χ0) is 13.5. The maximum atomic E-state index is 11.3. The van der Waals surface area contributed by atoms with Gasteiger partial charge in [-0.2, -0.15) is 0 Å². The fourth-order valence-electron chi connectivity index (χ4n) is 2.29. The number of thiazole rings is 1. The summed E-state index contributed by atoms with van der Waals surface area (Å²) in [6, 6.07) is 3.61. The molecule has 100 valence electrons. The largest absolute Gasteiger partial charge is 0.379 e. The van der Waals surface area contributed by atoms with E-state index in [4.69, 9.17) is 4.74 Å². The molecule has 1 N–H and O–H groups in total. The van der Waals surface area contributed by atoms with Crippen LogP contribution in [0.4, 0.5) is 11.4 Å². The van der Waals surface area contributed by atoms with E-state index in [1.54, 1.807) is 11.6 Å². The molecule has 2 aromatic rings. The number of hydrogen-bond acceptors (Lipinski definition) is 6. The quantitative estimate of drug-likeness (QED) is 0.690. The minimum absolute atomic E-state index is 0.0480. The predicted octanol–water partition coefficient (Wildman–Crippen LogP) is 2.80. The van der Waals surface area contributed by atoms with Gasteiger partial charge in [-0.05, 0) is 25.5 Å². The molecule has 1 atom stereocenters. The van der Waals surface area contributed by atoms with E-state index in [1.165, 1.54) is 11.3 Å². The number of rotatable bonds is 3. The van der Waals surface area contributed by atoms with Crippen LogP contribution in [0.15, 0.2) is 17.6 Å². The van der Waals surface area contributed by atoms with Gasteiger partial charge in [0.15, 0.2) is 5.52 Å². The first kappa shape index (κ1) is 12.3. The van der Waals surface area contributed by atoms with Crippen molar-refractivity contribution in [3.63, 3.8) is 0 Å². The molecule has 0 bridgehead atoms. The van der Waals surface area contributed by atoms with Crippen LogP contribution >= 0.6 is 11.3 Å². The molecule has 1 saturated heterocycles. The number of nitrogens with zero attached hydrogens (tertiary/aromatic N) is 2. The lowest BCUT2D eigenvalue weighted by molar-refractivity contribution is -0.382. The van der Waals surface area contributed by atoms with E-state index in [2.05, 4.69) is 10.3 Å². The van der Waals surface area contributed by atoms with Crippen molar-refractivity contribution in [2.45, 2.75) is 18.9 Å². The van der Waals surface area contributed by atoms with E-state index in [9.17, 15) is 10.1 Å². The highest BCUT2D eigenvalue weighted by Crippen LogP contribution is 2.36. The molecule has 0 amide bonds. The minimum atomic E-state index is -0.371. The van der Waals surface area contributed by atoms with Gasteiger partial charge in [-0.15, -0.1) is 11.3 Å². The molecule has 3 rings (SSSR count). The first-order valence-electron chi connectivity index (χ1n) is 5.96. The molecule has 1 aliphatic heterocycles. The number of hydrogen-bond donors (Lipinski definition) is 1. The summed E-state index contributed by atoms with van der Waals surface area (Å²) in [6.45, 7) is 3.24. The van der Waals surface area contributed by atoms with Crippen LogP contribution in [0.2, 0.25) is 0 Å². The number of nitrogens with one attached hydrogen (secondary N) is 1. The third kappa shape index (κ3) is 2.15. The summed E-state index contributed by atoms with van der Waals surface area (Å²) in [5.41, 5.74) is 2.38. The summed E-state index contributed by atoms with van der Waals surface area (Å²) in [7, 11) is 0. The standard InChI is InChI=1S/C12H13N3O3S/c1-12(4-5-18-6-12)14-8-2-3-9-10(13-7-19-9)11(8)15(16)17/h2-3,7,14H,4-6H2,1H3. The fraction of sp³-hybridized carbons (Fsp3) is 0.417. The van der Waals surface area contributed by atoms with Crippen molar-refractivity contribution in [2.75, 3.05) is 18.5 Å². The van der Waals surface area contributed by atoms with Gasteiger partial charge in [0.05, 0.1) is 27.3 Å². The van der Waals surface area contributed by atoms with Gasteiger partial charge in [0, 0.05) is 6.61 Å². The minimum Gasteiger partial charge on any atom is -0.379 e. The van der Waals surface area contributed by atoms with E-state index in [0.29, 0.717) is 24.4 Å². The van der Waals surface area contributed by atoms with E-state index < -0.39 is 0 Å². The molecule has 1 unspecified atom stereocenters. The Morgan fingerprint density at radius 1 is 1.58 bits per heavy atom. The maximum absolute atomic E-state index is 11.3. The SMILES string of the molecule is CC1(Nc2ccc3scnc3c2[N+](=O)[O-])CCOC1. The third-order valence-electron chi connectivity index (χ3n) is 3.31. The number of nitro benzene ring substituents is 1. The van der Waals surface area contributed by atoms with Crippen LogP contribution in [0.1, 0.15) is 13.3 Å². The Labute approximate surface area is 113 Å². The number of benzene rings is 1. The Morgan fingerprint density at radius 2 is 2.42 bits per heavy atom. The van der Waals surface area contributed by atoms with Crippen molar-refractivity contribution in [1.82, 2.24) is 4.98 Å². The molecule has 1 fully saturated rings. The smallest absolute Gasteiger partial charge is 0.319 e. The molecular formula is C12H13N3O3S. The molecule has 6 nitrogen and oxygen atoms in total. The van der Waals surface area contributed by atoms with Crippen molar-refractivity contribution in [1.29, 1.82) is 0 Å². The predicted molar refractivity (Wildman–Crippen MR) is 73.7 cm³/mol. The van der Waals surface area contributed by atoms with Crippen molar-refractivity contribution in [2.24, 2.45) is 0 Å². The van der Waals surface area contributed by atoms with Crippen LogP contribution in [0.5, 0.6) is 0 Å². The summed E-state index contributed by atoms with van der Waals surface area (Å²) in [4.78, 5) is 15.0. The van der Waals surface area contributed by atoms with Crippen LogP contribution in [0.25, 0.3) is 10.2 Å². The first-order valence-corrected chi connectivity index (χ1v) is 6.84. The lowest BCUT2D eigenvalue weighted by atomic mass is 10.0. The van der Waals surface area contributed by atoms with Gasteiger partial charge in [0.1, 0.15) is 5.69 Å². The topological polar surface area (TPSA) is 77.3 Å². The summed E-state index contributed by atoms with van der Waals surface area (Å²) in [6.07, 6.45) is 0.833. The molecule has 2 heterocycles. The molecular weight excluding hydrogens is 266 g/mol. The van der Waals surface area contributed by atoms with Gasteiger partial charge < -0.3 is 10.1 Å². The zero-order valence-corrected chi connectivity index (χ0v) is 11.2. The lowest BCUT2D eigenvalue weighted by Gasteiger charge is -2.24. The van der Waals surface area contributed by atoms with E-state index in [0.717, 1.165) is 11.1 Å². The Bertz CT molecular complexity index is 634. The molecule has 0 aliphatic carbocycles. The van der Waals surface area contributed by atoms with Crippen LogP contribution in [0.3, 0.4) is 0 Å². The number of anilines is 1. The average Bonchev–Trinajstić information content (AvgIpc) is 2.97. The van der Waals surface area contributed by atoms with Gasteiger partial charge in [-0.1, -0.05) is 0 Å². The van der Waals surface area contributed by atoms with Crippen LogP contribution in [0, 0.1) is 10.1 Å². The van der Waals surface area contributed by atoms with Crippen molar-refractivity contribution < 1.29 is 9.66 Å². The molecule has 0 spiro atoms. The van der Waals surface area contributed by atoms with E-state index in [1.807, 2.05) is 13.0 Å². The van der Waals surface area contributed by atoms with Gasteiger partial charge in [-0.3, -0.25) is 10.1 Å². The lowest BCUT2D eigenvalue weighted by Crippen LogP contribution is -2.35. The molecule has 1 aromatic heterocycles. The second-order valence-electron chi connectivity index (χ2n) is 4.91. The number of ether oxygens (including phenoxy) is 1. The molecule has 7 heteroatoms.